The summed E-state index contributed by atoms with van der Waals surface area (Å²) < 4.78 is 12.3. The van der Waals surface area contributed by atoms with Gasteiger partial charge in [-0.3, -0.25) is 29.0 Å². The zero-order chi connectivity index (χ0) is 46.1. The summed E-state index contributed by atoms with van der Waals surface area (Å²) in [7, 11) is 5.48. The normalized spacial score (nSPS) is 17.8. The number of amides is 4. The number of para-hydroxylation sites is 2. The molecular formula is C52H56N8O6. The van der Waals surface area contributed by atoms with Gasteiger partial charge in [0.15, 0.2) is 0 Å². The van der Waals surface area contributed by atoms with Crippen LogP contribution in [-0.4, -0.2) is 99.5 Å². The Hall–Kier alpha value is -6.90. The van der Waals surface area contributed by atoms with E-state index in [2.05, 4.69) is 25.5 Å². The third-order valence-electron chi connectivity index (χ3n) is 13.4. The molecule has 2 N–H and O–H groups in total. The number of fused-ring (bicyclic) bond motifs is 4. The molecule has 66 heavy (non-hydrogen) atoms. The highest BCUT2D eigenvalue weighted by molar-refractivity contribution is 5.97. The minimum absolute atomic E-state index is 0.00703. The zero-order valence-electron chi connectivity index (χ0n) is 38.2. The van der Waals surface area contributed by atoms with E-state index in [0.717, 1.165) is 111 Å². The smallest absolute Gasteiger partial charge is 0.246 e. The maximum Gasteiger partial charge on any atom is 0.246 e. The van der Waals surface area contributed by atoms with Gasteiger partial charge in [-0.15, -0.1) is 0 Å². The molecule has 7 heterocycles. The lowest BCUT2D eigenvalue weighted by Gasteiger charge is -2.25. The number of benzene rings is 2. The van der Waals surface area contributed by atoms with Gasteiger partial charge in [0.1, 0.15) is 34.3 Å². The highest BCUT2D eigenvalue weighted by atomic mass is 16.3. The number of likely N-dealkylation sites (tertiary alicyclic amines) is 1. The van der Waals surface area contributed by atoms with Crippen molar-refractivity contribution in [3.8, 4) is 0 Å². The molecule has 4 aromatic heterocycles. The molecule has 14 nitrogen and oxygen atoms in total. The van der Waals surface area contributed by atoms with Crippen molar-refractivity contribution in [1.82, 2.24) is 29.6 Å². The first-order chi connectivity index (χ1) is 31.9. The Balaban J connectivity index is 0.810. The van der Waals surface area contributed by atoms with E-state index in [1.54, 1.807) is 60.6 Å². The van der Waals surface area contributed by atoms with Gasteiger partial charge < -0.3 is 29.3 Å². The quantitative estimate of drug-likeness (QED) is 0.117. The maximum absolute atomic E-state index is 13.7. The Morgan fingerprint density at radius 2 is 1.30 bits per heavy atom. The number of rotatable bonds is 12. The summed E-state index contributed by atoms with van der Waals surface area (Å²) in [4.78, 5) is 70.0. The molecular weight excluding hydrogens is 833 g/mol. The standard InChI is InChI=1S/C52H56N8O6/c1-32-41(39-12-6-7-14-45(39)65-32)30-58(4)46(61)21-15-34-25-36-17-19-43(51(63)55-49(36)53-27-34)57(3)29-38-11-10-13-40-42(33(2)66-48(38)40)31-59(5)47(62)22-16-35-26-37-18-20-44(60-23-8-9-24-60)52(64)56-50(37)54-28-35/h6-7,10-16,21-22,25-28,43-44H,8-9,17-20,23-24,29-31H2,1-5H3,(H,53,55,63)(H,54,56,64)/b21-15+,22-16+/t43-,44?/m0/s1. The highest BCUT2D eigenvalue weighted by Crippen LogP contribution is 2.32. The topological polar surface area (TPSA) is 157 Å². The van der Waals surface area contributed by atoms with Crippen molar-refractivity contribution >= 4 is 69.4 Å². The second-order valence-corrected chi connectivity index (χ2v) is 17.9. The van der Waals surface area contributed by atoms with E-state index >= 15 is 0 Å². The van der Waals surface area contributed by atoms with E-state index in [0.29, 0.717) is 44.1 Å². The van der Waals surface area contributed by atoms with E-state index in [4.69, 9.17) is 8.83 Å². The Morgan fingerprint density at radius 3 is 1.97 bits per heavy atom. The fourth-order valence-corrected chi connectivity index (χ4v) is 9.60. The van der Waals surface area contributed by atoms with Gasteiger partial charge in [-0.25, -0.2) is 9.97 Å². The Labute approximate surface area is 384 Å². The molecule has 0 radical (unpaired) electrons. The number of nitrogens with one attached hydrogen (secondary N) is 2. The van der Waals surface area contributed by atoms with Crippen LogP contribution in [-0.2, 0) is 51.7 Å². The Morgan fingerprint density at radius 1 is 0.727 bits per heavy atom. The van der Waals surface area contributed by atoms with Crippen molar-refractivity contribution in [2.75, 3.05) is 44.9 Å². The molecule has 1 unspecified atom stereocenters. The molecule has 14 heteroatoms. The van der Waals surface area contributed by atoms with Gasteiger partial charge in [-0.2, -0.15) is 0 Å². The summed E-state index contributed by atoms with van der Waals surface area (Å²) in [6.45, 7) is 6.95. The minimum atomic E-state index is -0.433. The third kappa shape index (κ3) is 9.29. The number of hydrogen-bond donors (Lipinski definition) is 2. The van der Waals surface area contributed by atoms with Gasteiger partial charge in [-0.1, -0.05) is 36.4 Å². The van der Waals surface area contributed by atoms with Gasteiger partial charge in [-0.05, 0) is 125 Å². The number of carbonyl (C=O) groups is 4. The molecule has 1 fully saturated rings. The summed E-state index contributed by atoms with van der Waals surface area (Å²) in [5.74, 6) is 2.20. The van der Waals surface area contributed by atoms with Crippen molar-refractivity contribution in [1.29, 1.82) is 0 Å². The van der Waals surface area contributed by atoms with E-state index in [1.807, 2.05) is 80.4 Å². The molecule has 1 saturated heterocycles. The van der Waals surface area contributed by atoms with Gasteiger partial charge in [0.05, 0.1) is 12.1 Å². The predicted molar refractivity (Wildman–Crippen MR) is 255 cm³/mol. The fraction of sp³-hybridized carbons (Fsp3) is 0.346. The Kier molecular flexibility index (Phi) is 12.7. The molecule has 0 saturated carbocycles. The molecule has 6 aromatic rings. The Bertz CT molecular complexity index is 2910. The minimum Gasteiger partial charge on any atom is -0.461 e. The van der Waals surface area contributed by atoms with Crippen molar-refractivity contribution in [3.63, 3.8) is 0 Å². The highest BCUT2D eigenvalue weighted by Gasteiger charge is 2.32. The zero-order valence-corrected chi connectivity index (χ0v) is 38.2. The number of aryl methyl sites for hydroxylation is 4. The van der Waals surface area contributed by atoms with Gasteiger partial charge in [0.25, 0.3) is 0 Å². The van der Waals surface area contributed by atoms with Crippen LogP contribution in [0.15, 0.2) is 88.0 Å². The summed E-state index contributed by atoms with van der Waals surface area (Å²) in [5, 5.41) is 7.99. The number of aromatic nitrogens is 2. The molecule has 0 bridgehead atoms. The van der Waals surface area contributed by atoms with E-state index in [1.165, 1.54) is 0 Å². The molecule has 9 rings (SSSR count). The van der Waals surface area contributed by atoms with Crippen LogP contribution in [0.2, 0.25) is 0 Å². The van der Waals surface area contributed by atoms with Gasteiger partial charge in [0.2, 0.25) is 23.6 Å². The van der Waals surface area contributed by atoms with E-state index < -0.39 is 6.04 Å². The SMILES string of the molecule is Cc1oc2ccccc2c1CN(C)C(=O)/C=C/c1cnc2c(c1)CC[C@H](N(C)Cc1cccc3c(CN(C)C(=O)/C=C/c4cnc5c(c4)CCC(N4CCCC4)C(=O)N5)c(C)oc13)C(=O)N2. The molecule has 0 spiro atoms. The molecule has 3 aliphatic heterocycles. The lowest BCUT2D eigenvalue weighted by Crippen LogP contribution is -2.41. The average molecular weight is 889 g/mol. The van der Waals surface area contributed by atoms with E-state index in [9.17, 15) is 19.2 Å². The lowest BCUT2D eigenvalue weighted by atomic mass is 10.0. The molecule has 3 aliphatic rings. The first kappa shape index (κ1) is 44.3. The van der Waals surface area contributed by atoms with Crippen LogP contribution in [0.5, 0.6) is 0 Å². The monoisotopic (exact) mass is 888 g/mol. The number of hydrogen-bond acceptors (Lipinski definition) is 10. The summed E-state index contributed by atoms with van der Waals surface area (Å²) in [5.41, 5.74) is 7.81. The first-order valence-corrected chi connectivity index (χ1v) is 22.8. The summed E-state index contributed by atoms with van der Waals surface area (Å²) in [6, 6.07) is 17.2. The fourth-order valence-electron chi connectivity index (χ4n) is 9.60. The molecule has 0 aliphatic carbocycles. The van der Waals surface area contributed by atoms with Crippen LogP contribution in [0.25, 0.3) is 34.1 Å². The van der Waals surface area contributed by atoms with Crippen LogP contribution < -0.4 is 10.6 Å². The number of furan rings is 2. The molecule has 340 valence electrons. The average Bonchev–Trinajstić information content (AvgIpc) is 3.97. The van der Waals surface area contributed by atoms with Crippen LogP contribution in [0.3, 0.4) is 0 Å². The largest absolute Gasteiger partial charge is 0.461 e. The van der Waals surface area contributed by atoms with Crippen molar-refractivity contribution in [3.05, 3.63) is 130 Å². The van der Waals surface area contributed by atoms with Gasteiger partial charge >= 0.3 is 0 Å². The molecule has 4 amide bonds. The maximum atomic E-state index is 13.7. The second-order valence-electron chi connectivity index (χ2n) is 17.9. The number of nitrogens with zero attached hydrogens (tertiary/aromatic N) is 6. The summed E-state index contributed by atoms with van der Waals surface area (Å²) in [6.07, 6.45) is 14.9. The lowest BCUT2D eigenvalue weighted by molar-refractivity contribution is -0.126. The number of likely N-dealkylation sites (N-methyl/N-ethyl adjacent to an activating group) is 3. The van der Waals surface area contributed by atoms with E-state index in [-0.39, 0.29) is 29.7 Å². The van der Waals surface area contributed by atoms with Crippen molar-refractivity contribution < 1.29 is 28.0 Å². The number of carbonyl (C=O) groups excluding carboxylic acids is 4. The predicted octanol–water partition coefficient (Wildman–Crippen LogP) is 7.66. The molecule has 2 atom stereocenters. The van der Waals surface area contributed by atoms with Crippen LogP contribution in [0.1, 0.15) is 76.1 Å². The molecule has 2 aromatic carbocycles. The van der Waals surface area contributed by atoms with Gasteiger partial charge in [0, 0.05) is 85.7 Å². The number of pyridine rings is 2. The van der Waals surface area contributed by atoms with Crippen LogP contribution in [0.4, 0.5) is 11.6 Å². The first-order valence-electron chi connectivity index (χ1n) is 22.8. The van der Waals surface area contributed by atoms with Crippen LogP contribution >= 0.6 is 0 Å². The second kappa shape index (κ2) is 18.9. The van der Waals surface area contributed by atoms with Crippen LogP contribution in [0, 0.1) is 13.8 Å². The third-order valence-corrected chi connectivity index (χ3v) is 13.4. The van der Waals surface area contributed by atoms with Crippen molar-refractivity contribution in [2.45, 2.75) is 84.1 Å². The van der Waals surface area contributed by atoms with Crippen molar-refractivity contribution in [2.24, 2.45) is 0 Å². The summed E-state index contributed by atoms with van der Waals surface area (Å²) >= 11 is 0. The number of anilines is 2.